The predicted octanol–water partition coefficient (Wildman–Crippen LogP) is 3.66. The van der Waals surface area contributed by atoms with Gasteiger partial charge in [-0.2, -0.15) is 0 Å². The second-order valence-electron chi connectivity index (χ2n) is 8.33. The molecule has 2 heterocycles. The van der Waals surface area contributed by atoms with Crippen LogP contribution in [0.5, 0.6) is 5.75 Å². The minimum atomic E-state index is -3.05. The molecule has 182 valence electrons. The van der Waals surface area contributed by atoms with Gasteiger partial charge in [0.1, 0.15) is 5.75 Å². The van der Waals surface area contributed by atoms with Crippen LogP contribution in [-0.4, -0.2) is 70.9 Å². The van der Waals surface area contributed by atoms with Crippen molar-refractivity contribution in [1.29, 1.82) is 0 Å². The molecule has 0 aliphatic carbocycles. The van der Waals surface area contributed by atoms with Crippen LogP contribution in [0.15, 0.2) is 29.4 Å². The number of methoxy groups -OCH3 is 1. The molecule has 1 aliphatic heterocycles. The summed E-state index contributed by atoms with van der Waals surface area (Å²) in [4.78, 5) is 14.9. The van der Waals surface area contributed by atoms with Crippen LogP contribution in [0.1, 0.15) is 46.0 Å². The van der Waals surface area contributed by atoms with E-state index in [1.807, 2.05) is 24.3 Å². The van der Waals surface area contributed by atoms with Gasteiger partial charge in [-0.05, 0) is 43.5 Å². The van der Waals surface area contributed by atoms with Crippen molar-refractivity contribution in [3.8, 4) is 17.1 Å². The van der Waals surface area contributed by atoms with E-state index in [9.17, 15) is 13.2 Å². The summed E-state index contributed by atoms with van der Waals surface area (Å²) in [6.45, 7) is 5.56. The number of carbonyl (C=O) groups excluding carboxylic acids is 1. The molecular formula is C23H34N4O4S2. The Balaban J connectivity index is 1.75. The molecule has 0 radical (unpaired) electrons. The molecule has 1 saturated heterocycles. The lowest BCUT2D eigenvalue weighted by Gasteiger charge is -2.28. The Morgan fingerprint density at radius 2 is 1.91 bits per heavy atom. The largest absolute Gasteiger partial charge is 0.497 e. The van der Waals surface area contributed by atoms with Gasteiger partial charge in [0.25, 0.3) is 0 Å². The summed E-state index contributed by atoms with van der Waals surface area (Å²) < 4.78 is 31.3. The van der Waals surface area contributed by atoms with E-state index in [2.05, 4.69) is 28.6 Å². The zero-order valence-corrected chi connectivity index (χ0v) is 21.3. The van der Waals surface area contributed by atoms with Gasteiger partial charge in [-0.15, -0.1) is 10.2 Å². The Morgan fingerprint density at radius 1 is 1.18 bits per heavy atom. The molecule has 1 aromatic heterocycles. The second-order valence-corrected chi connectivity index (χ2v) is 11.5. The van der Waals surface area contributed by atoms with E-state index in [1.54, 1.807) is 12.0 Å². The van der Waals surface area contributed by atoms with E-state index in [1.165, 1.54) is 11.8 Å². The Hall–Kier alpha value is -2.07. The summed E-state index contributed by atoms with van der Waals surface area (Å²) in [6, 6.07) is 7.48. The van der Waals surface area contributed by atoms with Gasteiger partial charge < -0.3 is 14.2 Å². The number of ether oxygens (including phenoxy) is 1. The van der Waals surface area contributed by atoms with Crippen LogP contribution in [0.25, 0.3) is 11.4 Å². The molecule has 3 rings (SSSR count). The van der Waals surface area contributed by atoms with Crippen LogP contribution >= 0.6 is 11.8 Å². The zero-order chi connectivity index (χ0) is 23.8. The van der Waals surface area contributed by atoms with Crippen molar-refractivity contribution in [2.75, 3.05) is 30.9 Å². The Kier molecular flexibility index (Phi) is 9.19. The quantitative estimate of drug-likeness (QED) is 0.416. The molecule has 1 aliphatic rings. The minimum absolute atomic E-state index is 0.0356. The monoisotopic (exact) mass is 494 g/mol. The van der Waals surface area contributed by atoms with Crippen molar-refractivity contribution >= 4 is 27.5 Å². The Bertz CT molecular complexity index is 1020. The summed E-state index contributed by atoms with van der Waals surface area (Å²) >= 11 is 1.37. The van der Waals surface area contributed by atoms with Gasteiger partial charge in [0.15, 0.2) is 20.8 Å². The normalized spacial score (nSPS) is 17.2. The van der Waals surface area contributed by atoms with Crippen LogP contribution in [0.4, 0.5) is 0 Å². The summed E-state index contributed by atoms with van der Waals surface area (Å²) in [5.74, 6) is 1.96. The van der Waals surface area contributed by atoms with E-state index < -0.39 is 9.84 Å². The maximum atomic E-state index is 13.1. The molecular weight excluding hydrogens is 460 g/mol. The molecule has 2 aromatic rings. The Labute approximate surface area is 201 Å². The fourth-order valence-electron chi connectivity index (χ4n) is 3.94. The molecule has 1 amide bonds. The lowest BCUT2D eigenvalue weighted by atomic mass is 10.2. The molecule has 0 saturated carbocycles. The molecule has 8 nitrogen and oxygen atoms in total. The van der Waals surface area contributed by atoms with Crippen LogP contribution < -0.4 is 4.74 Å². The van der Waals surface area contributed by atoms with Crippen molar-refractivity contribution in [3.05, 3.63) is 24.3 Å². The Morgan fingerprint density at radius 3 is 2.52 bits per heavy atom. The van der Waals surface area contributed by atoms with E-state index >= 15 is 0 Å². The number of benzene rings is 1. The highest BCUT2D eigenvalue weighted by Gasteiger charge is 2.34. The van der Waals surface area contributed by atoms with Gasteiger partial charge in [0, 0.05) is 24.7 Å². The van der Waals surface area contributed by atoms with Crippen molar-refractivity contribution in [2.24, 2.45) is 0 Å². The molecule has 1 unspecified atom stereocenters. The number of nitrogens with zero attached hydrogens (tertiary/aromatic N) is 4. The van der Waals surface area contributed by atoms with E-state index in [4.69, 9.17) is 4.74 Å². The summed E-state index contributed by atoms with van der Waals surface area (Å²) in [5, 5.41) is 9.50. The third-order valence-electron chi connectivity index (χ3n) is 5.85. The van der Waals surface area contributed by atoms with Gasteiger partial charge in [0.05, 0.1) is 24.4 Å². The average Bonchev–Trinajstić information content (AvgIpc) is 3.38. The highest BCUT2D eigenvalue weighted by atomic mass is 32.2. The highest BCUT2D eigenvalue weighted by molar-refractivity contribution is 7.99. The first-order chi connectivity index (χ1) is 15.9. The topological polar surface area (TPSA) is 94.4 Å². The van der Waals surface area contributed by atoms with Crippen molar-refractivity contribution in [1.82, 2.24) is 19.7 Å². The molecule has 33 heavy (non-hydrogen) atoms. The van der Waals surface area contributed by atoms with Crippen LogP contribution in [0, 0.1) is 0 Å². The highest BCUT2D eigenvalue weighted by Crippen LogP contribution is 2.27. The summed E-state index contributed by atoms with van der Waals surface area (Å²) in [5.41, 5.74) is 0.943. The average molecular weight is 495 g/mol. The zero-order valence-electron chi connectivity index (χ0n) is 19.7. The smallest absolute Gasteiger partial charge is 0.233 e. The van der Waals surface area contributed by atoms with Crippen molar-refractivity contribution < 1.29 is 17.9 Å². The molecule has 1 fully saturated rings. The number of amides is 1. The molecule has 1 atom stereocenters. The first-order valence-electron chi connectivity index (χ1n) is 11.6. The van der Waals surface area contributed by atoms with Crippen LogP contribution in [0.2, 0.25) is 0 Å². The maximum Gasteiger partial charge on any atom is 0.233 e. The van der Waals surface area contributed by atoms with E-state index in [-0.39, 0.29) is 29.2 Å². The van der Waals surface area contributed by atoms with E-state index in [0.717, 1.165) is 49.4 Å². The number of sulfone groups is 1. The molecule has 1 aromatic carbocycles. The van der Waals surface area contributed by atoms with Crippen LogP contribution in [-0.2, 0) is 21.2 Å². The molecule has 0 spiro atoms. The maximum absolute atomic E-state index is 13.1. The SMILES string of the molecule is CCCCN(C(=O)CSc1nnc(-c2ccc(OC)cc2)n1CCCC)C1CCS(=O)(=O)C1. The minimum Gasteiger partial charge on any atom is -0.497 e. The molecule has 10 heteroatoms. The van der Waals surface area contributed by atoms with Gasteiger partial charge in [-0.3, -0.25) is 4.79 Å². The third kappa shape index (κ3) is 6.72. The van der Waals surface area contributed by atoms with Crippen molar-refractivity contribution in [2.45, 2.75) is 63.7 Å². The predicted molar refractivity (Wildman–Crippen MR) is 131 cm³/mol. The standard InChI is InChI=1S/C23H34N4O4S2/c1-4-6-13-26(19-12-15-33(29,30)17-19)21(28)16-32-23-25-24-22(27(23)14-7-5-2)18-8-10-20(31-3)11-9-18/h8-11,19H,4-7,12-17H2,1-3H3. The number of aromatic nitrogens is 3. The fourth-order valence-corrected chi connectivity index (χ4v) is 6.52. The van der Waals surface area contributed by atoms with Crippen LogP contribution in [0.3, 0.4) is 0 Å². The molecule has 0 bridgehead atoms. The number of carbonyl (C=O) groups is 1. The third-order valence-corrected chi connectivity index (χ3v) is 8.55. The lowest BCUT2D eigenvalue weighted by Crippen LogP contribution is -2.42. The number of thioether (sulfide) groups is 1. The van der Waals surface area contributed by atoms with Gasteiger partial charge in [-0.1, -0.05) is 38.5 Å². The van der Waals surface area contributed by atoms with Gasteiger partial charge in [-0.25, -0.2) is 8.42 Å². The number of hydrogen-bond donors (Lipinski definition) is 0. The number of hydrogen-bond acceptors (Lipinski definition) is 7. The summed E-state index contributed by atoms with van der Waals surface area (Å²) in [7, 11) is -1.42. The number of unbranched alkanes of at least 4 members (excludes halogenated alkanes) is 2. The van der Waals surface area contributed by atoms with E-state index in [0.29, 0.717) is 18.1 Å². The first kappa shape index (κ1) is 25.6. The lowest BCUT2D eigenvalue weighted by molar-refractivity contribution is -0.130. The van der Waals surface area contributed by atoms with Gasteiger partial charge in [0.2, 0.25) is 5.91 Å². The first-order valence-corrected chi connectivity index (χ1v) is 14.4. The molecule has 0 N–H and O–H groups in total. The summed E-state index contributed by atoms with van der Waals surface area (Å²) in [6.07, 6.45) is 4.35. The number of rotatable bonds is 12. The second kappa shape index (κ2) is 11.9. The van der Waals surface area contributed by atoms with Crippen molar-refractivity contribution in [3.63, 3.8) is 0 Å². The fraction of sp³-hybridized carbons (Fsp3) is 0.609. The van der Waals surface area contributed by atoms with Gasteiger partial charge >= 0.3 is 0 Å².